The number of aldehydes is 1. The van der Waals surface area contributed by atoms with Crippen LogP contribution in [-0.2, 0) is 4.74 Å². The Morgan fingerprint density at radius 3 is 2.74 bits per heavy atom. The van der Waals surface area contributed by atoms with Crippen LogP contribution in [0, 0.1) is 0 Å². The minimum absolute atomic E-state index is 0.0172. The number of rotatable bonds is 6. The van der Waals surface area contributed by atoms with Crippen molar-refractivity contribution in [3.63, 3.8) is 0 Å². The number of hydrogen-bond donors (Lipinski definition) is 1. The summed E-state index contributed by atoms with van der Waals surface area (Å²) >= 11 is 0. The molecule has 1 rings (SSSR count). The maximum absolute atomic E-state index is 11.8. The second-order valence-corrected chi connectivity index (χ2v) is 3.98. The van der Waals surface area contributed by atoms with Gasteiger partial charge in [-0.3, -0.25) is 4.79 Å². The summed E-state index contributed by atoms with van der Waals surface area (Å²) in [4.78, 5) is 26.7. The van der Waals surface area contributed by atoms with Gasteiger partial charge in [-0.2, -0.15) is 0 Å². The Bertz CT molecular complexity index is 458. The van der Waals surface area contributed by atoms with E-state index < -0.39 is 18.2 Å². The van der Waals surface area contributed by atoms with E-state index in [0.717, 1.165) is 0 Å². The predicted molar refractivity (Wildman–Crippen MR) is 67.4 cm³/mol. The number of aliphatic hydroxyl groups excluding tert-OH is 1. The molecule has 1 N–H and O–H groups in total. The van der Waals surface area contributed by atoms with E-state index >= 15 is 0 Å². The van der Waals surface area contributed by atoms with E-state index in [4.69, 9.17) is 9.47 Å². The van der Waals surface area contributed by atoms with Gasteiger partial charge in [-0.05, 0) is 26.8 Å². The first-order valence-electron chi connectivity index (χ1n) is 5.97. The van der Waals surface area contributed by atoms with Crippen LogP contribution >= 0.6 is 0 Å². The third-order valence-electron chi connectivity index (χ3n) is 2.53. The molecule has 6 nitrogen and oxygen atoms in total. The summed E-state index contributed by atoms with van der Waals surface area (Å²) in [5.41, 5.74) is 0.119. The number of aromatic nitrogens is 1. The first-order valence-corrected chi connectivity index (χ1v) is 5.97. The molecule has 0 aromatic carbocycles. The normalized spacial score (nSPS) is 13.5. The maximum atomic E-state index is 11.8. The van der Waals surface area contributed by atoms with Crippen molar-refractivity contribution >= 4 is 12.3 Å². The molecule has 0 aliphatic rings. The molecule has 1 aromatic rings. The van der Waals surface area contributed by atoms with Crippen LogP contribution in [-0.4, -0.2) is 41.2 Å². The Morgan fingerprint density at radius 2 is 2.21 bits per heavy atom. The summed E-state index contributed by atoms with van der Waals surface area (Å²) in [6.45, 7) is 5.03. The third kappa shape index (κ3) is 3.75. The van der Waals surface area contributed by atoms with Crippen LogP contribution in [0.5, 0.6) is 5.88 Å². The Kier molecular flexibility index (Phi) is 5.44. The standard InChI is InChI=1S/C13H17NO5/c1-4-18-13(17)11-10(7-15)5-6-14-12(11)19-9(3)8(2)16/h5-9,16H,4H2,1-3H3/t8-,9-/m1/s1. The highest BCUT2D eigenvalue weighted by Crippen LogP contribution is 2.21. The van der Waals surface area contributed by atoms with Gasteiger partial charge in [-0.1, -0.05) is 0 Å². The average Bonchev–Trinajstić information content (AvgIpc) is 2.38. The fourth-order valence-electron chi connectivity index (χ4n) is 1.33. The molecule has 0 aliphatic heterocycles. The molecular formula is C13H17NO5. The van der Waals surface area contributed by atoms with Crippen molar-refractivity contribution in [2.75, 3.05) is 6.61 Å². The number of hydrogen-bond acceptors (Lipinski definition) is 6. The molecule has 104 valence electrons. The molecule has 0 unspecified atom stereocenters. The Morgan fingerprint density at radius 1 is 1.53 bits per heavy atom. The molecule has 0 bridgehead atoms. The van der Waals surface area contributed by atoms with E-state index in [1.807, 2.05) is 0 Å². The van der Waals surface area contributed by atoms with Crippen LogP contribution < -0.4 is 4.74 Å². The second kappa shape index (κ2) is 6.84. The molecule has 2 atom stereocenters. The van der Waals surface area contributed by atoms with Crippen molar-refractivity contribution in [3.8, 4) is 5.88 Å². The van der Waals surface area contributed by atoms with Gasteiger partial charge < -0.3 is 14.6 Å². The number of esters is 1. The van der Waals surface area contributed by atoms with Gasteiger partial charge in [0, 0.05) is 11.8 Å². The molecule has 1 aromatic heterocycles. The van der Waals surface area contributed by atoms with Gasteiger partial charge in [0.15, 0.2) is 6.29 Å². The quantitative estimate of drug-likeness (QED) is 0.616. The largest absolute Gasteiger partial charge is 0.471 e. The number of nitrogens with zero attached hydrogens (tertiary/aromatic N) is 1. The summed E-state index contributed by atoms with van der Waals surface area (Å²) in [5, 5.41) is 9.40. The summed E-state index contributed by atoms with van der Waals surface area (Å²) in [6.07, 6.45) is 0.587. The fraction of sp³-hybridized carbons (Fsp3) is 0.462. The van der Waals surface area contributed by atoms with Crippen molar-refractivity contribution in [2.24, 2.45) is 0 Å². The molecule has 1 heterocycles. The fourth-order valence-corrected chi connectivity index (χ4v) is 1.33. The highest BCUT2D eigenvalue weighted by Gasteiger charge is 2.22. The molecule has 0 spiro atoms. The van der Waals surface area contributed by atoms with Gasteiger partial charge in [0.25, 0.3) is 0 Å². The number of pyridine rings is 1. The first-order chi connectivity index (χ1) is 9.01. The van der Waals surface area contributed by atoms with Crippen molar-refractivity contribution in [3.05, 3.63) is 23.4 Å². The minimum Gasteiger partial charge on any atom is -0.471 e. The smallest absolute Gasteiger partial charge is 0.344 e. The van der Waals surface area contributed by atoms with E-state index in [1.54, 1.807) is 20.8 Å². The lowest BCUT2D eigenvalue weighted by atomic mass is 10.1. The number of ether oxygens (including phenoxy) is 2. The maximum Gasteiger partial charge on any atom is 0.344 e. The lowest BCUT2D eigenvalue weighted by Gasteiger charge is -2.18. The first kappa shape index (κ1) is 15.1. The van der Waals surface area contributed by atoms with Crippen LogP contribution in [0.2, 0.25) is 0 Å². The van der Waals surface area contributed by atoms with Gasteiger partial charge in [-0.25, -0.2) is 9.78 Å². The Labute approximate surface area is 111 Å². The van der Waals surface area contributed by atoms with Crippen LogP contribution in [0.4, 0.5) is 0 Å². The summed E-state index contributed by atoms with van der Waals surface area (Å²) in [7, 11) is 0. The molecule has 0 fully saturated rings. The highest BCUT2D eigenvalue weighted by molar-refractivity contribution is 6.00. The third-order valence-corrected chi connectivity index (χ3v) is 2.53. The highest BCUT2D eigenvalue weighted by atomic mass is 16.5. The minimum atomic E-state index is -0.739. The summed E-state index contributed by atoms with van der Waals surface area (Å²) < 4.78 is 10.3. The number of carbonyl (C=O) groups excluding carboxylic acids is 2. The van der Waals surface area contributed by atoms with Gasteiger partial charge in [0.05, 0.1) is 12.7 Å². The van der Waals surface area contributed by atoms with E-state index in [2.05, 4.69) is 4.98 Å². The zero-order valence-electron chi connectivity index (χ0n) is 11.1. The van der Waals surface area contributed by atoms with E-state index in [1.165, 1.54) is 12.3 Å². The van der Waals surface area contributed by atoms with Gasteiger partial charge >= 0.3 is 5.97 Å². The zero-order valence-corrected chi connectivity index (χ0v) is 11.1. The zero-order chi connectivity index (χ0) is 14.4. The van der Waals surface area contributed by atoms with Crippen LogP contribution in [0.15, 0.2) is 12.3 Å². The van der Waals surface area contributed by atoms with Gasteiger partial charge in [0.2, 0.25) is 5.88 Å². The van der Waals surface area contributed by atoms with Crippen molar-refractivity contribution in [1.82, 2.24) is 4.98 Å². The topological polar surface area (TPSA) is 85.7 Å². The second-order valence-electron chi connectivity index (χ2n) is 3.98. The molecule has 0 amide bonds. The van der Waals surface area contributed by atoms with E-state index in [9.17, 15) is 14.7 Å². The molecule has 0 saturated heterocycles. The van der Waals surface area contributed by atoms with Gasteiger partial charge in [-0.15, -0.1) is 0 Å². The monoisotopic (exact) mass is 267 g/mol. The molecule has 6 heteroatoms. The lowest BCUT2D eigenvalue weighted by Crippen LogP contribution is -2.27. The molecule has 0 radical (unpaired) electrons. The Hall–Kier alpha value is -1.95. The van der Waals surface area contributed by atoms with Crippen LogP contribution in [0.1, 0.15) is 41.5 Å². The average molecular weight is 267 g/mol. The lowest BCUT2D eigenvalue weighted by molar-refractivity contribution is 0.0459. The molecule has 0 aliphatic carbocycles. The SMILES string of the molecule is CCOC(=O)c1c(C=O)ccnc1O[C@H](C)[C@@H](C)O. The predicted octanol–water partition coefficient (Wildman–Crippen LogP) is 1.22. The molecule has 19 heavy (non-hydrogen) atoms. The summed E-state index contributed by atoms with van der Waals surface area (Å²) in [6, 6.07) is 1.40. The summed E-state index contributed by atoms with van der Waals surface area (Å²) in [5.74, 6) is -0.693. The van der Waals surface area contributed by atoms with Crippen molar-refractivity contribution in [1.29, 1.82) is 0 Å². The van der Waals surface area contributed by atoms with Crippen LogP contribution in [0.25, 0.3) is 0 Å². The van der Waals surface area contributed by atoms with Crippen molar-refractivity contribution < 1.29 is 24.2 Å². The number of aliphatic hydroxyl groups is 1. The van der Waals surface area contributed by atoms with E-state index in [-0.39, 0.29) is 23.6 Å². The van der Waals surface area contributed by atoms with Crippen LogP contribution in [0.3, 0.4) is 0 Å². The Balaban J connectivity index is 3.15. The van der Waals surface area contributed by atoms with Gasteiger partial charge in [0.1, 0.15) is 11.7 Å². The number of carbonyl (C=O) groups is 2. The molecule has 0 saturated carbocycles. The van der Waals surface area contributed by atoms with E-state index in [0.29, 0.717) is 6.29 Å². The molecular weight excluding hydrogens is 250 g/mol. The van der Waals surface area contributed by atoms with Crippen molar-refractivity contribution in [2.45, 2.75) is 33.0 Å².